The van der Waals surface area contributed by atoms with Crippen LogP contribution in [0.25, 0.3) is 11.1 Å². The van der Waals surface area contributed by atoms with Crippen LogP contribution >= 0.6 is 0 Å². The third-order valence-electron chi connectivity index (χ3n) is 3.57. The van der Waals surface area contributed by atoms with Crippen molar-refractivity contribution >= 4 is 11.1 Å². The fraction of sp³-hybridized carbons (Fsp3) is 0.462. The van der Waals surface area contributed by atoms with Gasteiger partial charge in [-0.3, -0.25) is 4.57 Å². The van der Waals surface area contributed by atoms with Crippen molar-refractivity contribution in [3.05, 3.63) is 34.8 Å². The Kier molecular flexibility index (Phi) is 2.52. The van der Waals surface area contributed by atoms with Crippen LogP contribution in [0.4, 0.5) is 0 Å². The molecule has 0 bridgehead atoms. The Bertz CT molecular complexity index is 576. The Morgan fingerprint density at radius 3 is 2.71 bits per heavy atom. The third kappa shape index (κ3) is 1.78. The molecule has 0 atom stereocenters. The van der Waals surface area contributed by atoms with Gasteiger partial charge in [0.1, 0.15) is 0 Å². The summed E-state index contributed by atoms with van der Waals surface area (Å²) < 4.78 is 7.09. The van der Waals surface area contributed by atoms with Crippen LogP contribution in [0.2, 0.25) is 0 Å². The largest absolute Gasteiger partial charge is 0.420 e. The van der Waals surface area contributed by atoms with E-state index >= 15 is 0 Å². The average molecular weight is 232 g/mol. The van der Waals surface area contributed by atoms with Gasteiger partial charge in [0.25, 0.3) is 0 Å². The molecule has 0 aliphatic carbocycles. The minimum atomic E-state index is -0.222. The van der Waals surface area contributed by atoms with Crippen molar-refractivity contribution in [3.8, 4) is 0 Å². The monoisotopic (exact) mass is 232 g/mol. The predicted octanol–water partition coefficient (Wildman–Crippen LogP) is 1.86. The smallest absolute Gasteiger partial charge is 0.408 e. The number of para-hydroxylation sites is 2. The molecule has 1 aromatic heterocycles. The molecule has 1 aliphatic rings. The fourth-order valence-corrected chi connectivity index (χ4v) is 2.58. The number of aromatic nitrogens is 1. The molecule has 1 aromatic carbocycles. The van der Waals surface area contributed by atoms with Crippen molar-refractivity contribution in [1.82, 2.24) is 9.47 Å². The average Bonchev–Trinajstić information content (AvgIpc) is 2.66. The Labute approximate surface area is 99.4 Å². The Balaban J connectivity index is 2.05. The molecule has 4 nitrogen and oxygen atoms in total. The second kappa shape index (κ2) is 4.04. The lowest BCUT2D eigenvalue weighted by atomic mass is 10.1. The van der Waals surface area contributed by atoms with Gasteiger partial charge < -0.3 is 9.32 Å². The SMILES string of the molecule is CN1CCC(n2c(=O)oc3ccccc32)CC1. The minimum absolute atomic E-state index is 0.222. The zero-order valence-electron chi connectivity index (χ0n) is 9.93. The number of likely N-dealkylation sites (tertiary alicyclic amines) is 1. The van der Waals surface area contributed by atoms with Crippen molar-refractivity contribution < 1.29 is 4.42 Å². The number of hydrogen-bond donors (Lipinski definition) is 0. The highest BCUT2D eigenvalue weighted by molar-refractivity contribution is 5.72. The summed E-state index contributed by atoms with van der Waals surface area (Å²) in [5.74, 6) is -0.222. The van der Waals surface area contributed by atoms with E-state index < -0.39 is 0 Å². The third-order valence-corrected chi connectivity index (χ3v) is 3.57. The summed E-state index contributed by atoms with van der Waals surface area (Å²) in [6.07, 6.45) is 2.03. The first-order valence-electron chi connectivity index (χ1n) is 6.04. The Hall–Kier alpha value is -1.55. The Morgan fingerprint density at radius 2 is 1.94 bits per heavy atom. The van der Waals surface area contributed by atoms with Gasteiger partial charge in [-0.1, -0.05) is 12.1 Å². The number of piperidine rings is 1. The van der Waals surface area contributed by atoms with Gasteiger partial charge in [-0.15, -0.1) is 0 Å². The highest BCUT2D eigenvalue weighted by atomic mass is 16.4. The van der Waals surface area contributed by atoms with E-state index in [0.717, 1.165) is 31.4 Å². The zero-order chi connectivity index (χ0) is 11.8. The van der Waals surface area contributed by atoms with E-state index in [1.54, 1.807) is 0 Å². The molecular weight excluding hydrogens is 216 g/mol. The first-order valence-corrected chi connectivity index (χ1v) is 6.04. The second-order valence-electron chi connectivity index (χ2n) is 4.74. The van der Waals surface area contributed by atoms with E-state index in [-0.39, 0.29) is 11.8 Å². The lowest BCUT2D eigenvalue weighted by molar-refractivity contribution is 0.217. The van der Waals surface area contributed by atoms with Crippen LogP contribution in [0.15, 0.2) is 33.5 Å². The number of oxazole rings is 1. The van der Waals surface area contributed by atoms with Crippen LogP contribution in [-0.2, 0) is 0 Å². The van der Waals surface area contributed by atoms with Gasteiger partial charge in [0.2, 0.25) is 0 Å². The van der Waals surface area contributed by atoms with Gasteiger partial charge in [-0.2, -0.15) is 0 Å². The molecular formula is C13H16N2O2. The van der Waals surface area contributed by atoms with Gasteiger partial charge in [0.05, 0.1) is 5.52 Å². The summed E-state index contributed by atoms with van der Waals surface area (Å²) in [6.45, 7) is 2.08. The molecule has 0 N–H and O–H groups in total. The van der Waals surface area contributed by atoms with Gasteiger partial charge in [0, 0.05) is 6.04 Å². The molecule has 0 saturated carbocycles. The van der Waals surface area contributed by atoms with Crippen molar-refractivity contribution in [3.63, 3.8) is 0 Å². The van der Waals surface area contributed by atoms with E-state index in [2.05, 4.69) is 11.9 Å². The highest BCUT2D eigenvalue weighted by Crippen LogP contribution is 2.24. The summed E-state index contributed by atoms with van der Waals surface area (Å²) in [6, 6.07) is 7.93. The van der Waals surface area contributed by atoms with E-state index in [4.69, 9.17) is 4.42 Å². The summed E-state index contributed by atoms with van der Waals surface area (Å²) >= 11 is 0. The molecule has 2 heterocycles. The molecule has 0 unspecified atom stereocenters. The van der Waals surface area contributed by atoms with E-state index in [0.29, 0.717) is 5.58 Å². The standard InChI is InChI=1S/C13H16N2O2/c1-14-8-6-10(7-9-14)15-11-4-2-3-5-12(11)17-13(15)16/h2-5,10H,6-9H2,1H3. The van der Waals surface area contributed by atoms with Crippen molar-refractivity contribution in [2.45, 2.75) is 18.9 Å². The van der Waals surface area contributed by atoms with Gasteiger partial charge in [0.15, 0.2) is 5.58 Å². The maximum atomic E-state index is 11.9. The van der Waals surface area contributed by atoms with E-state index in [1.807, 2.05) is 28.8 Å². The Morgan fingerprint density at radius 1 is 1.24 bits per heavy atom. The summed E-state index contributed by atoms with van der Waals surface area (Å²) in [5.41, 5.74) is 1.61. The summed E-state index contributed by atoms with van der Waals surface area (Å²) in [4.78, 5) is 14.2. The van der Waals surface area contributed by atoms with E-state index in [1.165, 1.54) is 0 Å². The number of hydrogen-bond acceptors (Lipinski definition) is 3. The fourth-order valence-electron chi connectivity index (χ4n) is 2.58. The van der Waals surface area contributed by atoms with Gasteiger partial charge >= 0.3 is 5.76 Å². The van der Waals surface area contributed by atoms with Gasteiger partial charge in [-0.25, -0.2) is 4.79 Å². The lowest BCUT2D eigenvalue weighted by Crippen LogP contribution is -2.34. The summed E-state index contributed by atoms with van der Waals surface area (Å²) in [7, 11) is 2.12. The van der Waals surface area contributed by atoms with Crippen LogP contribution in [0.5, 0.6) is 0 Å². The molecule has 0 spiro atoms. The van der Waals surface area contributed by atoms with Crippen molar-refractivity contribution in [2.75, 3.05) is 20.1 Å². The van der Waals surface area contributed by atoms with Crippen LogP contribution in [-0.4, -0.2) is 29.6 Å². The maximum absolute atomic E-state index is 11.9. The summed E-state index contributed by atoms with van der Waals surface area (Å²) in [5, 5.41) is 0. The number of nitrogens with zero attached hydrogens (tertiary/aromatic N) is 2. The van der Waals surface area contributed by atoms with Crippen molar-refractivity contribution in [1.29, 1.82) is 0 Å². The molecule has 0 radical (unpaired) electrons. The molecule has 1 saturated heterocycles. The topological polar surface area (TPSA) is 38.4 Å². The second-order valence-corrected chi connectivity index (χ2v) is 4.74. The molecule has 1 aliphatic heterocycles. The normalized spacial score (nSPS) is 18.9. The van der Waals surface area contributed by atoms with E-state index in [9.17, 15) is 4.79 Å². The zero-order valence-corrected chi connectivity index (χ0v) is 9.93. The van der Waals surface area contributed by atoms with Crippen LogP contribution in [0.3, 0.4) is 0 Å². The lowest BCUT2D eigenvalue weighted by Gasteiger charge is -2.29. The van der Waals surface area contributed by atoms with Crippen LogP contribution in [0, 0.1) is 0 Å². The van der Waals surface area contributed by atoms with Crippen LogP contribution in [0.1, 0.15) is 18.9 Å². The highest BCUT2D eigenvalue weighted by Gasteiger charge is 2.22. The van der Waals surface area contributed by atoms with Crippen LogP contribution < -0.4 is 5.76 Å². The van der Waals surface area contributed by atoms with Gasteiger partial charge in [-0.05, 0) is 45.1 Å². The number of benzene rings is 1. The molecule has 2 aromatic rings. The maximum Gasteiger partial charge on any atom is 0.420 e. The molecule has 17 heavy (non-hydrogen) atoms. The quantitative estimate of drug-likeness (QED) is 0.753. The molecule has 4 heteroatoms. The molecule has 90 valence electrons. The predicted molar refractivity (Wildman–Crippen MR) is 66.2 cm³/mol. The number of rotatable bonds is 1. The first-order chi connectivity index (χ1) is 8.25. The first kappa shape index (κ1) is 10.6. The minimum Gasteiger partial charge on any atom is -0.408 e. The molecule has 3 rings (SSSR count). The molecule has 0 amide bonds. The molecule has 1 fully saturated rings. The van der Waals surface area contributed by atoms with Crippen molar-refractivity contribution in [2.24, 2.45) is 0 Å². The number of fused-ring (bicyclic) bond motifs is 1.